The van der Waals surface area contributed by atoms with Gasteiger partial charge < -0.3 is 5.32 Å². The van der Waals surface area contributed by atoms with Gasteiger partial charge in [-0.2, -0.15) is 0 Å². The lowest BCUT2D eigenvalue weighted by molar-refractivity contribution is -0.385. The summed E-state index contributed by atoms with van der Waals surface area (Å²) in [5.74, 6) is -2.87. The van der Waals surface area contributed by atoms with Gasteiger partial charge >= 0.3 is 0 Å². The molecule has 1 aliphatic rings. The number of nitro benzene ring substituents is 1. The normalized spacial score (nSPS) is 14.1. The van der Waals surface area contributed by atoms with Crippen molar-refractivity contribution in [3.63, 3.8) is 0 Å². The van der Waals surface area contributed by atoms with Crippen LogP contribution in [0, 0.1) is 15.9 Å². The molecule has 8 nitrogen and oxygen atoms in total. The number of nitrogens with one attached hydrogen (secondary N) is 1. The molecule has 0 radical (unpaired) electrons. The molecular weight excluding hydrogens is 357 g/mol. The summed E-state index contributed by atoms with van der Waals surface area (Å²) >= 11 is 0. The zero-order valence-electron chi connectivity index (χ0n) is 14.1. The summed E-state index contributed by atoms with van der Waals surface area (Å²) in [5, 5.41) is 13.6. The molecule has 0 aliphatic carbocycles. The van der Waals surface area contributed by atoms with Gasteiger partial charge in [-0.25, -0.2) is 4.39 Å². The van der Waals surface area contributed by atoms with E-state index in [2.05, 4.69) is 5.32 Å². The lowest BCUT2D eigenvalue weighted by Gasteiger charge is -2.21. The van der Waals surface area contributed by atoms with E-state index in [9.17, 15) is 28.9 Å². The molecule has 0 spiro atoms. The molecule has 3 amide bonds. The lowest BCUT2D eigenvalue weighted by Crippen LogP contribution is -2.47. The molecule has 0 aromatic heterocycles. The van der Waals surface area contributed by atoms with E-state index in [4.69, 9.17) is 0 Å². The van der Waals surface area contributed by atoms with Gasteiger partial charge in [0.15, 0.2) is 0 Å². The molecule has 1 aliphatic heterocycles. The number of hydrogen-bond donors (Lipinski definition) is 1. The van der Waals surface area contributed by atoms with Crippen molar-refractivity contribution in [2.24, 2.45) is 0 Å². The Morgan fingerprint density at radius 2 is 1.89 bits per heavy atom. The van der Waals surface area contributed by atoms with Gasteiger partial charge in [-0.1, -0.05) is 24.3 Å². The van der Waals surface area contributed by atoms with Crippen molar-refractivity contribution in [2.75, 3.05) is 0 Å². The summed E-state index contributed by atoms with van der Waals surface area (Å²) in [4.78, 5) is 48.5. The summed E-state index contributed by atoms with van der Waals surface area (Å²) in [6.07, 6.45) is 0. The third-order valence-corrected chi connectivity index (χ3v) is 4.30. The Morgan fingerprint density at radius 3 is 2.56 bits per heavy atom. The van der Waals surface area contributed by atoms with E-state index in [0.717, 1.165) is 6.07 Å². The highest BCUT2D eigenvalue weighted by atomic mass is 19.1. The number of halogens is 1. The molecular formula is C18H14FN3O5. The van der Waals surface area contributed by atoms with Crippen molar-refractivity contribution in [1.82, 2.24) is 10.2 Å². The second kappa shape index (κ2) is 6.94. The second-order valence-electron chi connectivity index (χ2n) is 5.92. The molecule has 138 valence electrons. The average Bonchev–Trinajstić information content (AvgIpc) is 2.91. The first-order valence-electron chi connectivity index (χ1n) is 7.99. The van der Waals surface area contributed by atoms with E-state index in [1.54, 1.807) is 6.07 Å². The van der Waals surface area contributed by atoms with E-state index >= 15 is 0 Å². The molecule has 1 atom stereocenters. The van der Waals surface area contributed by atoms with Gasteiger partial charge in [0.25, 0.3) is 17.5 Å². The maximum Gasteiger partial charge on any atom is 0.282 e. The highest BCUT2D eigenvalue weighted by Crippen LogP contribution is 2.31. The number of hydrogen-bond acceptors (Lipinski definition) is 5. The number of carbonyl (C=O) groups excluding carboxylic acids is 3. The van der Waals surface area contributed by atoms with E-state index in [-0.39, 0.29) is 23.2 Å². The van der Waals surface area contributed by atoms with Crippen LogP contribution in [0.1, 0.15) is 33.2 Å². The Bertz CT molecular complexity index is 975. The van der Waals surface area contributed by atoms with Crippen LogP contribution < -0.4 is 5.32 Å². The Labute approximate surface area is 152 Å². The molecule has 1 heterocycles. The highest BCUT2D eigenvalue weighted by Gasteiger charge is 2.44. The van der Waals surface area contributed by atoms with E-state index in [1.165, 1.54) is 37.3 Å². The SMILES string of the molecule is C[C@@H](C(=O)NCc1ccccc1F)N1C(=O)c2cccc([N+](=O)[O-])c2C1=O. The minimum atomic E-state index is -1.22. The Morgan fingerprint density at radius 1 is 1.19 bits per heavy atom. The van der Waals surface area contributed by atoms with Gasteiger partial charge in [0.05, 0.1) is 10.5 Å². The lowest BCUT2D eigenvalue weighted by atomic mass is 10.1. The maximum atomic E-state index is 13.6. The van der Waals surface area contributed by atoms with Gasteiger partial charge in [-0.3, -0.25) is 29.4 Å². The number of benzene rings is 2. The number of rotatable bonds is 5. The molecule has 0 fully saturated rings. The molecule has 0 bridgehead atoms. The molecule has 9 heteroatoms. The standard InChI is InChI=1S/C18H14FN3O5/c1-10(16(23)20-9-11-5-2-3-7-13(11)19)21-17(24)12-6-4-8-14(22(26)27)15(12)18(21)25/h2-8,10H,9H2,1H3,(H,20,23)/t10-/m0/s1. The van der Waals surface area contributed by atoms with Crippen molar-refractivity contribution in [3.05, 3.63) is 75.1 Å². The Hall–Kier alpha value is -3.62. The van der Waals surface area contributed by atoms with Gasteiger partial charge in [0.2, 0.25) is 5.91 Å². The van der Waals surface area contributed by atoms with Crippen LogP contribution in [-0.2, 0) is 11.3 Å². The molecule has 2 aromatic rings. The van der Waals surface area contributed by atoms with Crippen molar-refractivity contribution < 1.29 is 23.7 Å². The molecule has 0 unspecified atom stereocenters. The molecule has 2 aromatic carbocycles. The Balaban J connectivity index is 1.80. The van der Waals surface area contributed by atoms with Gasteiger partial charge in [0.1, 0.15) is 17.4 Å². The van der Waals surface area contributed by atoms with Crippen LogP contribution in [0.2, 0.25) is 0 Å². The zero-order valence-corrected chi connectivity index (χ0v) is 14.1. The predicted octanol–water partition coefficient (Wildman–Crippen LogP) is 2.03. The number of carbonyl (C=O) groups is 3. The molecule has 0 saturated heterocycles. The summed E-state index contributed by atoms with van der Waals surface area (Å²) in [6.45, 7) is 1.20. The van der Waals surface area contributed by atoms with Crippen LogP contribution >= 0.6 is 0 Å². The monoisotopic (exact) mass is 371 g/mol. The average molecular weight is 371 g/mol. The van der Waals surface area contributed by atoms with Crippen molar-refractivity contribution in [2.45, 2.75) is 19.5 Å². The predicted molar refractivity (Wildman–Crippen MR) is 91.3 cm³/mol. The van der Waals surface area contributed by atoms with Gasteiger partial charge in [-0.15, -0.1) is 0 Å². The van der Waals surface area contributed by atoms with Gasteiger partial charge in [0, 0.05) is 18.2 Å². The van der Waals surface area contributed by atoms with E-state index in [1.807, 2.05) is 0 Å². The fourth-order valence-corrected chi connectivity index (χ4v) is 2.88. The van der Waals surface area contributed by atoms with E-state index in [0.29, 0.717) is 4.90 Å². The minimum absolute atomic E-state index is 0.122. The summed E-state index contributed by atoms with van der Waals surface area (Å²) in [7, 11) is 0. The van der Waals surface area contributed by atoms with Crippen molar-refractivity contribution in [1.29, 1.82) is 0 Å². The van der Waals surface area contributed by atoms with Crippen molar-refractivity contribution >= 4 is 23.4 Å². The van der Waals surface area contributed by atoms with Crippen LogP contribution in [0.4, 0.5) is 10.1 Å². The number of nitrogens with zero attached hydrogens (tertiary/aromatic N) is 2. The van der Waals surface area contributed by atoms with E-state index < -0.39 is 40.2 Å². The first kappa shape index (κ1) is 18.2. The van der Waals surface area contributed by atoms with Gasteiger partial charge in [-0.05, 0) is 19.1 Å². The number of imide groups is 1. The van der Waals surface area contributed by atoms with Crippen LogP contribution in [0.5, 0.6) is 0 Å². The fraction of sp³-hybridized carbons (Fsp3) is 0.167. The number of amides is 3. The first-order valence-corrected chi connectivity index (χ1v) is 7.99. The van der Waals surface area contributed by atoms with Crippen LogP contribution in [0.25, 0.3) is 0 Å². The summed E-state index contributed by atoms with van der Waals surface area (Å²) in [5.41, 5.74) is -0.701. The number of fused-ring (bicyclic) bond motifs is 1. The van der Waals surface area contributed by atoms with Crippen LogP contribution in [-0.4, -0.2) is 33.6 Å². The zero-order chi connectivity index (χ0) is 19.7. The fourth-order valence-electron chi connectivity index (χ4n) is 2.88. The summed E-state index contributed by atoms with van der Waals surface area (Å²) in [6, 6.07) is 8.35. The molecule has 3 rings (SSSR count). The van der Waals surface area contributed by atoms with Crippen LogP contribution in [0.3, 0.4) is 0 Å². The quantitative estimate of drug-likeness (QED) is 0.491. The first-order chi connectivity index (χ1) is 12.8. The minimum Gasteiger partial charge on any atom is -0.350 e. The molecule has 0 saturated carbocycles. The second-order valence-corrected chi connectivity index (χ2v) is 5.92. The molecule has 27 heavy (non-hydrogen) atoms. The maximum absolute atomic E-state index is 13.6. The largest absolute Gasteiger partial charge is 0.350 e. The topological polar surface area (TPSA) is 110 Å². The number of nitro groups is 1. The third-order valence-electron chi connectivity index (χ3n) is 4.30. The van der Waals surface area contributed by atoms with Crippen LogP contribution in [0.15, 0.2) is 42.5 Å². The Kier molecular flexibility index (Phi) is 4.68. The third kappa shape index (κ3) is 3.14. The molecule has 1 N–H and O–H groups in total. The highest BCUT2D eigenvalue weighted by molar-refractivity contribution is 6.24. The van der Waals surface area contributed by atoms with Crippen molar-refractivity contribution in [3.8, 4) is 0 Å². The smallest absolute Gasteiger partial charge is 0.282 e. The summed E-state index contributed by atoms with van der Waals surface area (Å²) < 4.78 is 13.6.